The number of aromatic amines is 1. The van der Waals surface area contributed by atoms with E-state index in [1.54, 1.807) is 35.4 Å². The van der Waals surface area contributed by atoms with E-state index in [0.29, 0.717) is 16.9 Å². The molecule has 4 aromatic heterocycles. The lowest BCUT2D eigenvalue weighted by Crippen LogP contribution is -2.12. The van der Waals surface area contributed by atoms with Gasteiger partial charge in [-0.2, -0.15) is 5.10 Å². The van der Waals surface area contributed by atoms with Crippen LogP contribution in [0.4, 0.5) is 5.82 Å². The van der Waals surface area contributed by atoms with Gasteiger partial charge < -0.3 is 9.88 Å². The Kier molecular flexibility index (Phi) is 3.27. The molecule has 8 heteroatoms. The van der Waals surface area contributed by atoms with Crippen LogP contribution in [0.1, 0.15) is 10.4 Å². The number of amides is 1. The van der Waals surface area contributed by atoms with Crippen LogP contribution in [0.2, 0.25) is 0 Å². The molecule has 24 heavy (non-hydrogen) atoms. The number of H-pyrrole nitrogens is 1. The number of nitrogens with zero attached hydrogens (tertiary/aromatic N) is 5. The first kappa shape index (κ1) is 14.1. The predicted octanol–water partition coefficient (Wildman–Crippen LogP) is 2.01. The molecule has 0 aliphatic heterocycles. The monoisotopic (exact) mass is 319 g/mol. The summed E-state index contributed by atoms with van der Waals surface area (Å²) >= 11 is 0. The number of hydrogen-bond acceptors (Lipinski definition) is 5. The van der Waals surface area contributed by atoms with E-state index < -0.39 is 0 Å². The molecule has 0 aliphatic rings. The van der Waals surface area contributed by atoms with Gasteiger partial charge in [-0.15, -0.1) is 0 Å². The zero-order valence-corrected chi connectivity index (χ0v) is 12.8. The maximum Gasteiger partial charge on any atom is 0.258 e. The Morgan fingerprint density at radius 3 is 2.88 bits per heavy atom. The molecular formula is C16H13N7O. The summed E-state index contributed by atoms with van der Waals surface area (Å²) in [6, 6.07) is 7.18. The number of nitrogens with one attached hydrogen (secondary N) is 2. The molecule has 0 radical (unpaired) electrons. The fourth-order valence-corrected chi connectivity index (χ4v) is 2.39. The van der Waals surface area contributed by atoms with Gasteiger partial charge in [-0.1, -0.05) is 0 Å². The first-order valence-corrected chi connectivity index (χ1v) is 7.25. The Bertz CT molecular complexity index is 1020. The van der Waals surface area contributed by atoms with Crippen LogP contribution >= 0.6 is 0 Å². The summed E-state index contributed by atoms with van der Waals surface area (Å²) < 4.78 is 1.80. The van der Waals surface area contributed by atoms with Gasteiger partial charge in [0.2, 0.25) is 0 Å². The Hall–Kier alpha value is -3.55. The second-order valence-corrected chi connectivity index (χ2v) is 5.28. The van der Waals surface area contributed by atoms with Gasteiger partial charge in [0.05, 0.1) is 17.6 Å². The van der Waals surface area contributed by atoms with Crippen LogP contribution in [0.15, 0.2) is 49.2 Å². The van der Waals surface area contributed by atoms with Gasteiger partial charge in [0.1, 0.15) is 5.52 Å². The first-order valence-electron chi connectivity index (χ1n) is 7.25. The van der Waals surface area contributed by atoms with E-state index >= 15 is 0 Å². The second-order valence-electron chi connectivity index (χ2n) is 5.28. The summed E-state index contributed by atoms with van der Waals surface area (Å²) in [6.45, 7) is 0. The number of imidazole rings is 1. The molecule has 1 amide bonds. The Balaban J connectivity index is 1.56. The van der Waals surface area contributed by atoms with Gasteiger partial charge in [-0.05, 0) is 18.2 Å². The minimum Gasteiger partial charge on any atom is -0.318 e. The summed E-state index contributed by atoms with van der Waals surface area (Å²) in [4.78, 5) is 24.8. The average molecular weight is 319 g/mol. The van der Waals surface area contributed by atoms with Crippen LogP contribution < -0.4 is 5.32 Å². The average Bonchev–Trinajstić information content (AvgIpc) is 3.22. The second kappa shape index (κ2) is 5.58. The van der Waals surface area contributed by atoms with Crippen LogP contribution in [0.25, 0.3) is 22.4 Å². The Morgan fingerprint density at radius 2 is 2.04 bits per heavy atom. The van der Waals surface area contributed by atoms with Gasteiger partial charge in [0.15, 0.2) is 11.5 Å². The van der Waals surface area contributed by atoms with Crippen molar-refractivity contribution in [3.05, 3.63) is 54.7 Å². The molecule has 0 aliphatic carbocycles. The SMILES string of the molecule is Cn1cnc2cc(C(=O)Nc3cc(-c4ccncc4)[nH]n3)cnc21. The fourth-order valence-electron chi connectivity index (χ4n) is 2.39. The number of pyridine rings is 2. The molecule has 118 valence electrons. The summed E-state index contributed by atoms with van der Waals surface area (Å²) in [7, 11) is 1.85. The quantitative estimate of drug-likeness (QED) is 0.601. The number of carbonyl (C=O) groups is 1. The third-order valence-electron chi connectivity index (χ3n) is 3.62. The van der Waals surface area contributed by atoms with Crippen LogP contribution in [0.3, 0.4) is 0 Å². The van der Waals surface area contributed by atoms with Gasteiger partial charge in [0, 0.05) is 37.3 Å². The molecule has 0 bridgehead atoms. The van der Waals surface area contributed by atoms with E-state index in [1.807, 2.05) is 19.2 Å². The van der Waals surface area contributed by atoms with E-state index in [0.717, 1.165) is 16.9 Å². The van der Waals surface area contributed by atoms with Crippen LogP contribution in [0.5, 0.6) is 0 Å². The van der Waals surface area contributed by atoms with Crippen molar-refractivity contribution in [3.8, 4) is 11.3 Å². The highest BCUT2D eigenvalue weighted by atomic mass is 16.1. The van der Waals surface area contributed by atoms with Gasteiger partial charge >= 0.3 is 0 Å². The highest BCUT2D eigenvalue weighted by molar-refractivity contribution is 6.05. The molecule has 0 aromatic carbocycles. The molecule has 0 saturated carbocycles. The molecule has 4 aromatic rings. The Labute approximate surface area is 136 Å². The molecule has 4 heterocycles. The lowest BCUT2D eigenvalue weighted by molar-refractivity contribution is 0.102. The van der Waals surface area contributed by atoms with Gasteiger partial charge in [-0.25, -0.2) is 9.97 Å². The molecule has 0 spiro atoms. The topological polar surface area (TPSA) is 101 Å². The van der Waals surface area contributed by atoms with E-state index in [4.69, 9.17) is 0 Å². The normalized spacial score (nSPS) is 10.9. The number of hydrogen-bond donors (Lipinski definition) is 2. The van der Waals surface area contributed by atoms with Gasteiger partial charge in [0.25, 0.3) is 5.91 Å². The van der Waals surface area contributed by atoms with Crippen molar-refractivity contribution in [1.29, 1.82) is 0 Å². The lowest BCUT2D eigenvalue weighted by atomic mass is 10.2. The van der Waals surface area contributed by atoms with Gasteiger partial charge in [-0.3, -0.25) is 14.9 Å². The van der Waals surface area contributed by atoms with Crippen molar-refractivity contribution in [2.24, 2.45) is 7.05 Å². The van der Waals surface area contributed by atoms with E-state index in [-0.39, 0.29) is 5.91 Å². The summed E-state index contributed by atoms with van der Waals surface area (Å²) in [5, 5.41) is 9.74. The zero-order valence-electron chi connectivity index (χ0n) is 12.8. The number of anilines is 1. The molecule has 0 fully saturated rings. The molecule has 0 unspecified atom stereocenters. The van der Waals surface area contributed by atoms with Crippen molar-refractivity contribution in [2.45, 2.75) is 0 Å². The third kappa shape index (κ3) is 2.50. The van der Waals surface area contributed by atoms with Crippen LogP contribution in [0, 0.1) is 0 Å². The van der Waals surface area contributed by atoms with Crippen molar-refractivity contribution in [3.63, 3.8) is 0 Å². The lowest BCUT2D eigenvalue weighted by Gasteiger charge is -2.01. The maximum atomic E-state index is 12.4. The summed E-state index contributed by atoms with van der Waals surface area (Å²) in [6.07, 6.45) is 6.58. The molecule has 0 atom stereocenters. The number of aromatic nitrogens is 6. The molecular weight excluding hydrogens is 306 g/mol. The van der Waals surface area contributed by atoms with Crippen molar-refractivity contribution in [2.75, 3.05) is 5.32 Å². The minimum atomic E-state index is -0.289. The molecule has 2 N–H and O–H groups in total. The third-order valence-corrected chi connectivity index (χ3v) is 3.62. The van der Waals surface area contributed by atoms with Crippen molar-refractivity contribution >= 4 is 22.9 Å². The largest absolute Gasteiger partial charge is 0.318 e. The fraction of sp³-hybridized carbons (Fsp3) is 0.0625. The molecule has 8 nitrogen and oxygen atoms in total. The smallest absolute Gasteiger partial charge is 0.258 e. The highest BCUT2D eigenvalue weighted by Crippen LogP contribution is 2.19. The van der Waals surface area contributed by atoms with E-state index in [9.17, 15) is 4.79 Å². The van der Waals surface area contributed by atoms with Crippen molar-refractivity contribution < 1.29 is 4.79 Å². The maximum absolute atomic E-state index is 12.4. The number of rotatable bonds is 3. The van der Waals surface area contributed by atoms with Crippen molar-refractivity contribution in [1.82, 2.24) is 29.7 Å². The standard InChI is InChI=1S/C16H13N7O/c1-23-9-19-13-6-11(8-18-15(13)23)16(24)20-14-7-12(21-22-14)10-2-4-17-5-3-10/h2-9H,1H3,(H2,20,21,22,24). The zero-order chi connectivity index (χ0) is 16.5. The van der Waals surface area contributed by atoms with E-state index in [2.05, 4.69) is 30.5 Å². The molecule has 0 saturated heterocycles. The molecule has 4 rings (SSSR count). The Morgan fingerprint density at radius 1 is 1.21 bits per heavy atom. The number of fused-ring (bicyclic) bond motifs is 1. The van der Waals surface area contributed by atoms with Crippen LogP contribution in [-0.4, -0.2) is 35.6 Å². The first-order chi connectivity index (χ1) is 11.7. The summed E-state index contributed by atoms with van der Waals surface area (Å²) in [5.41, 5.74) is 3.56. The predicted molar refractivity (Wildman–Crippen MR) is 88.3 cm³/mol. The number of carbonyl (C=O) groups excluding carboxylic acids is 1. The van der Waals surface area contributed by atoms with Crippen LogP contribution in [-0.2, 0) is 7.05 Å². The highest BCUT2D eigenvalue weighted by Gasteiger charge is 2.12. The minimum absolute atomic E-state index is 0.289. The summed E-state index contributed by atoms with van der Waals surface area (Å²) in [5.74, 6) is 0.149. The number of aryl methyl sites for hydroxylation is 1. The van der Waals surface area contributed by atoms with E-state index in [1.165, 1.54) is 6.20 Å².